The highest BCUT2D eigenvalue weighted by Crippen LogP contribution is 2.16. The number of amides is 1. The summed E-state index contributed by atoms with van der Waals surface area (Å²) >= 11 is 0. The van der Waals surface area contributed by atoms with Crippen molar-refractivity contribution >= 4 is 11.6 Å². The van der Waals surface area contributed by atoms with E-state index in [1.54, 1.807) is 0 Å². The molecule has 2 unspecified atom stereocenters. The van der Waals surface area contributed by atoms with Gasteiger partial charge < -0.3 is 19.7 Å². The highest BCUT2D eigenvalue weighted by Gasteiger charge is 2.25. The molecule has 1 fully saturated rings. The number of benzene rings is 1. The molecule has 1 aromatic carbocycles. The maximum Gasteiger partial charge on any atom is 0.242 e. The lowest BCUT2D eigenvalue weighted by molar-refractivity contribution is -0.141. The lowest BCUT2D eigenvalue weighted by Gasteiger charge is -2.35. The Bertz CT molecular complexity index is 451. The van der Waals surface area contributed by atoms with Gasteiger partial charge in [-0.05, 0) is 45.0 Å². The van der Waals surface area contributed by atoms with Gasteiger partial charge in [0.1, 0.15) is 5.75 Å². The van der Waals surface area contributed by atoms with E-state index in [0.29, 0.717) is 26.2 Å². The number of nitrogens with zero attached hydrogens (tertiary/aromatic N) is 1. The molecule has 116 valence electrons. The van der Waals surface area contributed by atoms with Crippen LogP contribution in [0.3, 0.4) is 0 Å². The van der Waals surface area contributed by atoms with Crippen LogP contribution in [0.25, 0.3) is 0 Å². The Morgan fingerprint density at radius 3 is 2.48 bits per heavy atom. The van der Waals surface area contributed by atoms with Crippen LogP contribution in [-0.4, -0.2) is 49.3 Å². The summed E-state index contributed by atoms with van der Waals surface area (Å²) in [5.74, 6) is 0.941. The average Bonchev–Trinajstić information content (AvgIpc) is 2.45. The molecule has 0 spiro atoms. The number of hydrogen-bond donors (Lipinski definition) is 1. The quantitative estimate of drug-likeness (QED) is 0.903. The van der Waals surface area contributed by atoms with Gasteiger partial charge in [0.25, 0.3) is 0 Å². The highest BCUT2D eigenvalue weighted by molar-refractivity contribution is 5.81. The monoisotopic (exact) mass is 292 g/mol. The van der Waals surface area contributed by atoms with Gasteiger partial charge >= 0.3 is 0 Å². The molecule has 1 amide bonds. The summed E-state index contributed by atoms with van der Waals surface area (Å²) in [6.45, 7) is 8.22. The maximum absolute atomic E-state index is 12.2. The first-order valence-electron chi connectivity index (χ1n) is 7.48. The third-order valence-electron chi connectivity index (χ3n) is 3.38. The Morgan fingerprint density at radius 1 is 1.29 bits per heavy atom. The molecule has 0 bridgehead atoms. The normalized spacial score (nSPS) is 22.0. The van der Waals surface area contributed by atoms with E-state index in [1.165, 1.54) is 0 Å². The maximum atomic E-state index is 12.2. The predicted octanol–water partition coefficient (Wildman–Crippen LogP) is 2.13. The van der Waals surface area contributed by atoms with Crippen LogP contribution >= 0.6 is 0 Å². The fourth-order valence-electron chi connectivity index (χ4n) is 2.51. The van der Waals surface area contributed by atoms with Crippen molar-refractivity contribution in [2.24, 2.45) is 0 Å². The van der Waals surface area contributed by atoms with Gasteiger partial charge in [0.2, 0.25) is 5.91 Å². The van der Waals surface area contributed by atoms with E-state index in [0.717, 1.165) is 11.4 Å². The summed E-state index contributed by atoms with van der Waals surface area (Å²) in [5, 5.41) is 3.15. The zero-order chi connectivity index (χ0) is 15.2. The van der Waals surface area contributed by atoms with Crippen molar-refractivity contribution < 1.29 is 14.3 Å². The molecule has 1 aliphatic heterocycles. The van der Waals surface area contributed by atoms with Crippen molar-refractivity contribution in [2.75, 3.05) is 31.6 Å². The van der Waals surface area contributed by atoms with Crippen molar-refractivity contribution in [1.29, 1.82) is 0 Å². The zero-order valence-electron chi connectivity index (χ0n) is 13.0. The molecule has 5 nitrogen and oxygen atoms in total. The van der Waals surface area contributed by atoms with Gasteiger partial charge in [-0.1, -0.05) is 0 Å². The number of carbonyl (C=O) groups is 1. The number of morpholine rings is 1. The Labute approximate surface area is 126 Å². The molecule has 5 heteroatoms. The van der Waals surface area contributed by atoms with Crippen LogP contribution in [0, 0.1) is 0 Å². The smallest absolute Gasteiger partial charge is 0.242 e. The standard InChI is InChI=1S/C16H24N2O3/c1-4-20-15-7-5-14(6-8-15)17-9-16(19)18-10-12(2)21-13(3)11-18/h5-8,12-13,17H,4,9-11H2,1-3H3. The number of carbonyl (C=O) groups excluding carboxylic acids is 1. The second kappa shape index (κ2) is 7.31. The lowest BCUT2D eigenvalue weighted by atomic mass is 10.2. The topological polar surface area (TPSA) is 50.8 Å². The third kappa shape index (κ3) is 4.63. The van der Waals surface area contributed by atoms with E-state index in [2.05, 4.69) is 5.32 Å². The minimum atomic E-state index is 0.100. The van der Waals surface area contributed by atoms with Crippen molar-refractivity contribution in [2.45, 2.75) is 33.0 Å². The first kappa shape index (κ1) is 15.6. The molecule has 2 atom stereocenters. The minimum Gasteiger partial charge on any atom is -0.494 e. The summed E-state index contributed by atoms with van der Waals surface area (Å²) in [6, 6.07) is 7.63. The fraction of sp³-hybridized carbons (Fsp3) is 0.562. The van der Waals surface area contributed by atoms with E-state index in [-0.39, 0.29) is 18.1 Å². The largest absolute Gasteiger partial charge is 0.494 e. The van der Waals surface area contributed by atoms with Gasteiger partial charge in [-0.15, -0.1) is 0 Å². The molecule has 21 heavy (non-hydrogen) atoms. The van der Waals surface area contributed by atoms with E-state index in [4.69, 9.17) is 9.47 Å². The van der Waals surface area contributed by atoms with Crippen molar-refractivity contribution in [1.82, 2.24) is 4.90 Å². The number of nitrogens with one attached hydrogen (secondary N) is 1. The summed E-state index contributed by atoms with van der Waals surface area (Å²) in [6.07, 6.45) is 0.200. The Kier molecular flexibility index (Phi) is 5.44. The molecular formula is C16H24N2O3. The van der Waals surface area contributed by atoms with Gasteiger partial charge in [0.15, 0.2) is 0 Å². The molecule has 1 heterocycles. The van der Waals surface area contributed by atoms with E-state index >= 15 is 0 Å². The molecule has 0 aliphatic carbocycles. The van der Waals surface area contributed by atoms with Gasteiger partial charge in [-0.2, -0.15) is 0 Å². The lowest BCUT2D eigenvalue weighted by Crippen LogP contribution is -2.49. The van der Waals surface area contributed by atoms with E-state index in [9.17, 15) is 4.79 Å². The number of ether oxygens (including phenoxy) is 2. The summed E-state index contributed by atoms with van der Waals surface area (Å²) in [5.41, 5.74) is 0.918. The molecule has 0 radical (unpaired) electrons. The summed E-state index contributed by atoms with van der Waals surface area (Å²) in [4.78, 5) is 14.1. The molecule has 1 N–H and O–H groups in total. The first-order valence-corrected chi connectivity index (χ1v) is 7.48. The summed E-state index contributed by atoms with van der Waals surface area (Å²) < 4.78 is 11.0. The Hall–Kier alpha value is -1.75. The van der Waals surface area contributed by atoms with Crippen molar-refractivity contribution in [3.05, 3.63) is 24.3 Å². The van der Waals surface area contributed by atoms with Gasteiger partial charge in [0.05, 0.1) is 25.4 Å². The van der Waals surface area contributed by atoms with Crippen molar-refractivity contribution in [3.63, 3.8) is 0 Å². The van der Waals surface area contributed by atoms with Crippen LogP contribution < -0.4 is 10.1 Å². The zero-order valence-corrected chi connectivity index (χ0v) is 13.0. The van der Waals surface area contributed by atoms with Crippen LogP contribution in [0.2, 0.25) is 0 Å². The molecule has 1 saturated heterocycles. The number of anilines is 1. The van der Waals surface area contributed by atoms with Crippen LogP contribution in [0.15, 0.2) is 24.3 Å². The van der Waals surface area contributed by atoms with Gasteiger partial charge in [-0.3, -0.25) is 4.79 Å². The number of rotatable bonds is 5. The fourth-order valence-corrected chi connectivity index (χ4v) is 2.51. The first-order chi connectivity index (χ1) is 10.1. The Morgan fingerprint density at radius 2 is 1.90 bits per heavy atom. The SMILES string of the molecule is CCOc1ccc(NCC(=O)N2CC(C)OC(C)C2)cc1. The van der Waals surface area contributed by atoms with Crippen LogP contribution in [0.4, 0.5) is 5.69 Å². The van der Waals surface area contributed by atoms with E-state index in [1.807, 2.05) is 49.9 Å². The molecule has 0 saturated carbocycles. The van der Waals surface area contributed by atoms with E-state index < -0.39 is 0 Å². The second-order valence-electron chi connectivity index (χ2n) is 5.37. The van der Waals surface area contributed by atoms with Gasteiger partial charge in [-0.25, -0.2) is 0 Å². The van der Waals surface area contributed by atoms with Crippen LogP contribution in [-0.2, 0) is 9.53 Å². The highest BCUT2D eigenvalue weighted by atomic mass is 16.5. The molecule has 1 aromatic rings. The molecular weight excluding hydrogens is 268 g/mol. The Balaban J connectivity index is 1.83. The third-order valence-corrected chi connectivity index (χ3v) is 3.38. The average molecular weight is 292 g/mol. The second-order valence-corrected chi connectivity index (χ2v) is 5.37. The van der Waals surface area contributed by atoms with Crippen LogP contribution in [0.5, 0.6) is 5.75 Å². The minimum absolute atomic E-state index is 0.100. The number of hydrogen-bond acceptors (Lipinski definition) is 4. The molecule has 2 rings (SSSR count). The summed E-state index contributed by atoms with van der Waals surface area (Å²) in [7, 11) is 0. The molecule has 0 aromatic heterocycles. The predicted molar refractivity (Wildman–Crippen MR) is 82.7 cm³/mol. The van der Waals surface area contributed by atoms with Crippen molar-refractivity contribution in [3.8, 4) is 5.75 Å². The molecule has 1 aliphatic rings. The van der Waals surface area contributed by atoms with Gasteiger partial charge in [0, 0.05) is 18.8 Å². The van der Waals surface area contributed by atoms with Crippen LogP contribution in [0.1, 0.15) is 20.8 Å².